The first-order valence-electron chi connectivity index (χ1n) is 41.0. The lowest BCUT2D eigenvalue weighted by atomic mass is 9.97. The smallest absolute Gasteiger partial charge is 0.143 e. The number of benzene rings is 20. The predicted molar refractivity (Wildman–Crippen MR) is 515 cm³/mol. The molecule has 0 unspecified atom stereocenters. The fourth-order valence-corrected chi connectivity index (χ4v) is 16.9. The minimum Gasteiger partial charge on any atom is -0.455 e. The van der Waals surface area contributed by atoms with E-state index in [4.69, 9.17) is 8.83 Å². The maximum Gasteiger partial charge on any atom is 0.143 e. The van der Waals surface area contributed by atoms with Crippen molar-refractivity contribution < 1.29 is 8.83 Å². The molecule has 22 rings (SSSR count). The van der Waals surface area contributed by atoms with Crippen LogP contribution in [0.2, 0.25) is 0 Å². The van der Waals surface area contributed by atoms with Crippen molar-refractivity contribution in [2.45, 2.75) is 0 Å². The summed E-state index contributed by atoms with van der Waals surface area (Å²) in [5.74, 6) is 0. The quantitative estimate of drug-likeness (QED) is 0.111. The number of para-hydroxylation sites is 4. The summed E-state index contributed by atoms with van der Waals surface area (Å²) in [6.07, 6.45) is 0. The standard InChI is InChI=1S/C58H39NO.C42H29NO.C16H11Br/c1-3-12-40(13-4-1)42-26-32-50(33-27-42)59(52-36-30-44(31-37-52)48-25-24-41-14-7-8-17-46(41)38-48)51-34-28-43(29-35-51)47-18-9-19-49(39-47)54-21-11-23-56-55-22-10-20-53(57(55)60-58(54)56)45-15-5-2-6-16-45;1-3-10-29(11-4-1)30-20-24-35(25-21-30)43-36-26-22-31(23-27-36)33-14-7-15-34(28-33)38-17-9-19-40-39-18-8-16-37(41(39)44-42(38)40)32-12-5-2-6-13-32;17-16-9-7-13(8-10-16)15-6-5-12-3-1-2-4-14(12)11-15/h1-39H;1-28,43H;1-11H. The third-order valence-corrected chi connectivity index (χ3v) is 23.4. The van der Waals surface area contributed by atoms with Gasteiger partial charge in [-0.25, -0.2) is 0 Å². The molecule has 0 aliphatic rings. The van der Waals surface area contributed by atoms with Gasteiger partial charge >= 0.3 is 0 Å². The second-order valence-corrected chi connectivity index (χ2v) is 31.4. The van der Waals surface area contributed by atoms with E-state index in [2.05, 4.69) is 481 Å². The van der Waals surface area contributed by atoms with Gasteiger partial charge in [-0.05, 0) is 208 Å². The van der Waals surface area contributed by atoms with Gasteiger partial charge in [0.05, 0.1) is 0 Å². The highest BCUT2D eigenvalue weighted by Crippen LogP contribution is 2.45. The van der Waals surface area contributed by atoms with Crippen LogP contribution in [0, 0.1) is 0 Å². The number of rotatable bonds is 15. The lowest BCUT2D eigenvalue weighted by molar-refractivity contribution is 0.670. The molecule has 22 aromatic rings. The molecule has 2 aromatic heterocycles. The molecule has 0 amide bonds. The Morgan fingerprint density at radius 2 is 0.413 bits per heavy atom. The molecule has 0 spiro atoms. The van der Waals surface area contributed by atoms with Crippen molar-refractivity contribution in [3.63, 3.8) is 0 Å². The van der Waals surface area contributed by atoms with Gasteiger partial charge in [0.1, 0.15) is 22.3 Å². The molecule has 20 aromatic carbocycles. The van der Waals surface area contributed by atoms with Crippen LogP contribution >= 0.6 is 15.9 Å². The Morgan fingerprint density at radius 3 is 0.760 bits per heavy atom. The Morgan fingerprint density at radius 1 is 0.174 bits per heavy atom. The highest BCUT2D eigenvalue weighted by atomic mass is 79.9. The van der Waals surface area contributed by atoms with Crippen LogP contribution in [-0.4, -0.2) is 0 Å². The first kappa shape index (κ1) is 74.4. The van der Waals surface area contributed by atoms with Gasteiger partial charge in [-0.3, -0.25) is 0 Å². The Labute approximate surface area is 712 Å². The van der Waals surface area contributed by atoms with Crippen LogP contribution in [0.1, 0.15) is 0 Å². The zero-order chi connectivity index (χ0) is 80.8. The molecule has 0 bridgehead atoms. The molecule has 0 aliphatic heterocycles. The van der Waals surface area contributed by atoms with E-state index in [1.165, 1.54) is 77.2 Å². The van der Waals surface area contributed by atoms with Gasteiger partial charge in [0.2, 0.25) is 0 Å². The number of furan rings is 2. The zero-order valence-electron chi connectivity index (χ0n) is 66.2. The molecule has 4 nitrogen and oxygen atoms in total. The Balaban J connectivity index is 0.000000133. The number of hydrogen-bond donors (Lipinski definition) is 1. The molecular formula is C116H79BrN2O2. The molecule has 121 heavy (non-hydrogen) atoms. The number of fused-ring (bicyclic) bond motifs is 8. The van der Waals surface area contributed by atoms with Crippen molar-refractivity contribution in [1.29, 1.82) is 0 Å². The summed E-state index contributed by atoms with van der Waals surface area (Å²) in [5.41, 5.74) is 32.4. The Bertz CT molecular complexity index is 7410. The number of nitrogens with zero attached hydrogens (tertiary/aromatic N) is 1. The van der Waals surface area contributed by atoms with Crippen LogP contribution in [0.25, 0.3) is 177 Å². The van der Waals surface area contributed by atoms with Gasteiger partial charge in [0, 0.05) is 76.7 Å². The van der Waals surface area contributed by atoms with E-state index < -0.39 is 0 Å². The van der Waals surface area contributed by atoms with Crippen molar-refractivity contribution in [3.8, 4) is 111 Å². The summed E-state index contributed by atoms with van der Waals surface area (Å²) in [5, 5.41) is 13.1. The molecule has 2 heterocycles. The molecule has 572 valence electrons. The lowest BCUT2D eigenvalue weighted by Gasteiger charge is -2.26. The van der Waals surface area contributed by atoms with Gasteiger partial charge in [-0.1, -0.05) is 392 Å². The fourth-order valence-electron chi connectivity index (χ4n) is 16.7. The molecule has 0 radical (unpaired) electrons. The maximum absolute atomic E-state index is 6.77. The van der Waals surface area contributed by atoms with Crippen LogP contribution in [0.15, 0.2) is 486 Å². The summed E-state index contributed by atoms with van der Waals surface area (Å²) < 4.78 is 14.6. The fraction of sp³-hybridized carbons (Fsp3) is 0. The van der Waals surface area contributed by atoms with Crippen LogP contribution < -0.4 is 10.2 Å². The van der Waals surface area contributed by atoms with Gasteiger partial charge in [0.15, 0.2) is 0 Å². The van der Waals surface area contributed by atoms with Crippen molar-refractivity contribution in [3.05, 3.63) is 478 Å². The third kappa shape index (κ3) is 15.7. The van der Waals surface area contributed by atoms with E-state index in [1.54, 1.807) is 0 Å². The Kier molecular flexibility index (Phi) is 20.7. The minimum atomic E-state index is 0.906. The first-order chi connectivity index (χ1) is 59.9. The molecule has 0 aliphatic carbocycles. The van der Waals surface area contributed by atoms with E-state index in [-0.39, 0.29) is 0 Å². The van der Waals surface area contributed by atoms with Gasteiger partial charge < -0.3 is 19.1 Å². The van der Waals surface area contributed by atoms with Crippen LogP contribution in [0.5, 0.6) is 0 Å². The molecule has 0 atom stereocenters. The summed E-state index contributed by atoms with van der Waals surface area (Å²) in [6, 6.07) is 168. The SMILES string of the molecule is Brc1ccc(-c2ccc3ccccc3c2)cc1.c1ccc(-c2ccc(N(c3ccc(-c4cccc(-c5cccc6c5oc5c(-c7ccccc7)cccc56)c4)cc3)c3ccc(-c4ccc5ccccc5c4)cc3)cc2)cc1.c1ccc(-c2ccc(Nc3ccc(-c4cccc(-c5cccc6c5oc5c(-c7ccccc7)cccc56)c4)cc3)cc2)cc1. The molecule has 0 saturated heterocycles. The molecule has 1 N–H and O–H groups in total. The van der Waals surface area contributed by atoms with Crippen molar-refractivity contribution in [2.24, 2.45) is 0 Å². The van der Waals surface area contributed by atoms with E-state index in [0.717, 1.165) is 132 Å². The van der Waals surface area contributed by atoms with E-state index >= 15 is 0 Å². The summed E-state index contributed by atoms with van der Waals surface area (Å²) >= 11 is 3.46. The number of nitrogens with one attached hydrogen (secondary N) is 1. The summed E-state index contributed by atoms with van der Waals surface area (Å²) in [4.78, 5) is 2.34. The van der Waals surface area contributed by atoms with Crippen molar-refractivity contribution in [2.75, 3.05) is 10.2 Å². The highest BCUT2D eigenvalue weighted by molar-refractivity contribution is 9.10. The highest BCUT2D eigenvalue weighted by Gasteiger charge is 2.21. The molecular weight excluding hydrogens is 1530 g/mol. The van der Waals surface area contributed by atoms with Gasteiger partial charge in [-0.2, -0.15) is 0 Å². The maximum atomic E-state index is 6.77. The zero-order valence-corrected chi connectivity index (χ0v) is 67.8. The first-order valence-corrected chi connectivity index (χ1v) is 41.8. The van der Waals surface area contributed by atoms with E-state index in [0.29, 0.717) is 0 Å². The van der Waals surface area contributed by atoms with Gasteiger partial charge in [0.25, 0.3) is 0 Å². The number of anilines is 5. The second-order valence-electron chi connectivity index (χ2n) is 30.4. The van der Waals surface area contributed by atoms with Crippen molar-refractivity contribution in [1.82, 2.24) is 0 Å². The van der Waals surface area contributed by atoms with E-state index in [1.807, 2.05) is 18.2 Å². The van der Waals surface area contributed by atoms with Crippen LogP contribution in [0.4, 0.5) is 28.4 Å². The molecule has 5 heteroatoms. The summed E-state index contributed by atoms with van der Waals surface area (Å²) in [7, 11) is 0. The average molecular weight is 1610 g/mol. The normalized spacial score (nSPS) is 11.2. The molecule has 0 fully saturated rings. The van der Waals surface area contributed by atoms with Gasteiger partial charge in [-0.15, -0.1) is 0 Å². The van der Waals surface area contributed by atoms with Crippen molar-refractivity contribution >= 4 is 110 Å². The monoisotopic (exact) mass is 1610 g/mol. The Hall–Kier alpha value is -15.4. The number of halogens is 1. The minimum absolute atomic E-state index is 0.906. The average Bonchev–Trinajstić information content (AvgIpc) is 1.55. The number of hydrogen-bond acceptors (Lipinski definition) is 4. The van der Waals surface area contributed by atoms with Crippen LogP contribution in [-0.2, 0) is 0 Å². The second kappa shape index (κ2) is 33.7. The van der Waals surface area contributed by atoms with E-state index in [9.17, 15) is 0 Å². The predicted octanol–water partition coefficient (Wildman–Crippen LogP) is 33.8. The third-order valence-electron chi connectivity index (χ3n) is 22.9. The lowest BCUT2D eigenvalue weighted by Crippen LogP contribution is -2.09. The summed E-state index contributed by atoms with van der Waals surface area (Å²) in [6.45, 7) is 0. The topological polar surface area (TPSA) is 41.6 Å². The molecule has 0 saturated carbocycles. The van der Waals surface area contributed by atoms with Crippen LogP contribution in [0.3, 0.4) is 0 Å². The largest absolute Gasteiger partial charge is 0.455 e.